The number of nitrogens with zero attached hydrogens (tertiary/aromatic N) is 2. The largest absolute Gasteiger partial charge is 0.382 e. The second-order valence-electron chi connectivity index (χ2n) is 4.82. The zero-order valence-electron chi connectivity index (χ0n) is 12.6. The number of hydrogen-bond acceptors (Lipinski definition) is 2. The number of aliphatic imine (C=N–C) groups is 1. The number of benzene rings is 1. The van der Waals surface area contributed by atoms with Crippen molar-refractivity contribution in [3.8, 4) is 0 Å². The second kappa shape index (κ2) is 7.90. The number of nitrogens with one attached hydrogen (secondary N) is 1. The molecule has 0 saturated carbocycles. The fourth-order valence-electron chi connectivity index (χ4n) is 2.45. The smallest absolute Gasteiger partial charge is 0.198 e. The van der Waals surface area contributed by atoms with Crippen LogP contribution >= 0.6 is 0 Å². The fraction of sp³-hybridized carbons (Fsp3) is 0.562. The molecule has 0 spiro atoms. The first-order valence-corrected chi connectivity index (χ1v) is 7.58. The molecule has 1 aliphatic heterocycles. The van der Waals surface area contributed by atoms with Gasteiger partial charge in [0.2, 0.25) is 0 Å². The predicted octanol–water partition coefficient (Wildman–Crippen LogP) is 2.44. The van der Waals surface area contributed by atoms with Crippen LogP contribution in [0.5, 0.6) is 0 Å². The minimum absolute atomic E-state index is 0.781. The van der Waals surface area contributed by atoms with E-state index in [1.165, 1.54) is 11.3 Å². The van der Waals surface area contributed by atoms with E-state index in [2.05, 4.69) is 41.4 Å². The summed E-state index contributed by atoms with van der Waals surface area (Å²) >= 11 is 0. The molecule has 0 saturated heterocycles. The number of para-hydroxylation sites is 1. The molecule has 0 amide bonds. The Labute approximate surface area is 121 Å². The maximum absolute atomic E-state index is 5.35. The third-order valence-electron chi connectivity index (χ3n) is 3.39. The van der Waals surface area contributed by atoms with E-state index in [0.717, 1.165) is 51.6 Å². The molecule has 1 aromatic rings. The Morgan fingerprint density at radius 3 is 3.00 bits per heavy atom. The van der Waals surface area contributed by atoms with Crippen molar-refractivity contribution in [1.29, 1.82) is 0 Å². The summed E-state index contributed by atoms with van der Waals surface area (Å²) < 4.78 is 5.35. The summed E-state index contributed by atoms with van der Waals surface area (Å²) in [5.41, 5.74) is 2.70. The first-order valence-electron chi connectivity index (χ1n) is 7.58. The van der Waals surface area contributed by atoms with Gasteiger partial charge >= 0.3 is 0 Å². The average Bonchev–Trinajstić information content (AvgIpc) is 2.90. The van der Waals surface area contributed by atoms with Crippen LogP contribution in [0.4, 0.5) is 5.69 Å². The number of guanidine groups is 1. The Bertz CT molecular complexity index is 445. The van der Waals surface area contributed by atoms with Crippen LogP contribution in [0.2, 0.25) is 0 Å². The van der Waals surface area contributed by atoms with Crippen molar-refractivity contribution >= 4 is 11.6 Å². The summed E-state index contributed by atoms with van der Waals surface area (Å²) in [6.07, 6.45) is 2.07. The van der Waals surface area contributed by atoms with Gasteiger partial charge in [0.1, 0.15) is 0 Å². The molecule has 1 aromatic carbocycles. The molecule has 110 valence electrons. The molecule has 4 heteroatoms. The number of anilines is 1. The van der Waals surface area contributed by atoms with Gasteiger partial charge < -0.3 is 15.0 Å². The lowest BCUT2D eigenvalue weighted by molar-refractivity contribution is 0.146. The van der Waals surface area contributed by atoms with Crippen molar-refractivity contribution in [1.82, 2.24) is 5.32 Å². The molecule has 4 nitrogen and oxygen atoms in total. The van der Waals surface area contributed by atoms with Gasteiger partial charge in [-0.1, -0.05) is 18.2 Å². The van der Waals surface area contributed by atoms with E-state index >= 15 is 0 Å². The summed E-state index contributed by atoms with van der Waals surface area (Å²) in [4.78, 5) is 7.01. The van der Waals surface area contributed by atoms with Gasteiger partial charge in [0.25, 0.3) is 0 Å². The van der Waals surface area contributed by atoms with Crippen LogP contribution < -0.4 is 10.2 Å². The van der Waals surface area contributed by atoms with Gasteiger partial charge in [-0.05, 0) is 38.3 Å². The van der Waals surface area contributed by atoms with Crippen LogP contribution in [-0.4, -0.2) is 38.8 Å². The van der Waals surface area contributed by atoms with E-state index in [1.54, 1.807) is 0 Å². The highest BCUT2D eigenvalue weighted by molar-refractivity contribution is 5.97. The summed E-state index contributed by atoms with van der Waals surface area (Å²) in [6, 6.07) is 8.58. The number of hydrogen-bond donors (Lipinski definition) is 1. The lowest BCUT2D eigenvalue weighted by Crippen LogP contribution is -2.40. The third kappa shape index (κ3) is 3.73. The van der Waals surface area contributed by atoms with E-state index in [1.807, 2.05) is 6.92 Å². The zero-order chi connectivity index (χ0) is 14.2. The molecule has 0 aromatic heterocycles. The SMILES string of the molecule is CCNC(=NCCCOCC)N1CCc2ccccc21. The Kier molecular flexibility index (Phi) is 5.87. The molecule has 1 aliphatic rings. The van der Waals surface area contributed by atoms with Crippen LogP contribution in [0.1, 0.15) is 25.8 Å². The van der Waals surface area contributed by atoms with E-state index in [-0.39, 0.29) is 0 Å². The van der Waals surface area contributed by atoms with Crippen molar-refractivity contribution in [2.45, 2.75) is 26.7 Å². The monoisotopic (exact) mass is 275 g/mol. The molecule has 0 radical (unpaired) electrons. The summed E-state index contributed by atoms with van der Waals surface area (Å²) in [5.74, 6) is 0.994. The van der Waals surface area contributed by atoms with Crippen LogP contribution in [-0.2, 0) is 11.2 Å². The number of fused-ring (bicyclic) bond motifs is 1. The summed E-state index contributed by atoms with van der Waals surface area (Å²) in [5, 5.41) is 3.39. The molecule has 20 heavy (non-hydrogen) atoms. The third-order valence-corrected chi connectivity index (χ3v) is 3.39. The molecule has 0 aliphatic carbocycles. The highest BCUT2D eigenvalue weighted by atomic mass is 16.5. The molecule has 0 atom stereocenters. The summed E-state index contributed by atoms with van der Waals surface area (Å²) in [7, 11) is 0. The molecule has 2 rings (SSSR count). The van der Waals surface area contributed by atoms with Gasteiger partial charge in [0.15, 0.2) is 5.96 Å². The Morgan fingerprint density at radius 1 is 1.35 bits per heavy atom. The van der Waals surface area contributed by atoms with Crippen molar-refractivity contribution in [3.05, 3.63) is 29.8 Å². The van der Waals surface area contributed by atoms with E-state index in [9.17, 15) is 0 Å². The first kappa shape index (κ1) is 14.9. The predicted molar refractivity (Wildman–Crippen MR) is 84.6 cm³/mol. The number of ether oxygens (including phenoxy) is 1. The van der Waals surface area contributed by atoms with Gasteiger partial charge in [-0.2, -0.15) is 0 Å². The Balaban J connectivity index is 2.00. The van der Waals surface area contributed by atoms with E-state index < -0.39 is 0 Å². The van der Waals surface area contributed by atoms with Crippen molar-refractivity contribution in [2.24, 2.45) is 4.99 Å². The zero-order valence-corrected chi connectivity index (χ0v) is 12.6. The molecule has 0 bridgehead atoms. The lowest BCUT2D eigenvalue weighted by Gasteiger charge is -2.22. The summed E-state index contributed by atoms with van der Waals surface area (Å²) in [6.45, 7) is 8.41. The van der Waals surface area contributed by atoms with Gasteiger partial charge in [-0.3, -0.25) is 4.99 Å². The highest BCUT2D eigenvalue weighted by Crippen LogP contribution is 2.27. The fourth-order valence-corrected chi connectivity index (χ4v) is 2.45. The highest BCUT2D eigenvalue weighted by Gasteiger charge is 2.21. The van der Waals surface area contributed by atoms with Crippen LogP contribution in [0, 0.1) is 0 Å². The molecule has 0 fully saturated rings. The lowest BCUT2D eigenvalue weighted by atomic mass is 10.2. The standard InChI is InChI=1S/C16H25N3O/c1-3-17-16(18-11-7-13-20-4-2)19-12-10-14-8-5-6-9-15(14)19/h5-6,8-9H,3-4,7,10-13H2,1-2H3,(H,17,18). The van der Waals surface area contributed by atoms with Crippen molar-refractivity contribution in [2.75, 3.05) is 37.7 Å². The van der Waals surface area contributed by atoms with Crippen molar-refractivity contribution < 1.29 is 4.74 Å². The maximum Gasteiger partial charge on any atom is 0.198 e. The Hall–Kier alpha value is -1.55. The van der Waals surface area contributed by atoms with Crippen LogP contribution in [0.3, 0.4) is 0 Å². The average molecular weight is 275 g/mol. The molecule has 1 heterocycles. The molecular weight excluding hydrogens is 250 g/mol. The normalized spacial score (nSPS) is 14.5. The van der Waals surface area contributed by atoms with E-state index in [0.29, 0.717) is 0 Å². The molecular formula is C16H25N3O. The molecule has 0 unspecified atom stereocenters. The van der Waals surface area contributed by atoms with Crippen LogP contribution in [0.25, 0.3) is 0 Å². The van der Waals surface area contributed by atoms with Crippen LogP contribution in [0.15, 0.2) is 29.3 Å². The van der Waals surface area contributed by atoms with Gasteiger partial charge in [0.05, 0.1) is 0 Å². The van der Waals surface area contributed by atoms with Crippen molar-refractivity contribution in [3.63, 3.8) is 0 Å². The first-order chi connectivity index (χ1) is 9.86. The number of rotatable bonds is 6. The maximum atomic E-state index is 5.35. The second-order valence-corrected chi connectivity index (χ2v) is 4.82. The van der Waals surface area contributed by atoms with Gasteiger partial charge in [-0.25, -0.2) is 0 Å². The minimum atomic E-state index is 0.781. The Morgan fingerprint density at radius 2 is 2.20 bits per heavy atom. The van der Waals surface area contributed by atoms with E-state index in [4.69, 9.17) is 9.73 Å². The van der Waals surface area contributed by atoms with Gasteiger partial charge in [-0.15, -0.1) is 0 Å². The minimum Gasteiger partial charge on any atom is -0.382 e. The van der Waals surface area contributed by atoms with Gasteiger partial charge in [0, 0.05) is 38.5 Å². The topological polar surface area (TPSA) is 36.9 Å². The molecule has 1 N–H and O–H groups in total. The quantitative estimate of drug-likeness (QED) is 0.492.